The molecule has 106 valence electrons. The first-order chi connectivity index (χ1) is 8.96. The first-order valence-corrected chi connectivity index (χ1v) is 7.62. The van der Waals surface area contributed by atoms with E-state index in [1.165, 1.54) is 4.90 Å². The maximum atomic E-state index is 11.7. The van der Waals surface area contributed by atoms with Gasteiger partial charge < -0.3 is 10.8 Å². The third-order valence-electron chi connectivity index (χ3n) is 3.32. The molecule has 0 saturated carbocycles. The molecular formula is C14H21IN2O2. The molecule has 2 unspecified atom stereocenters. The molecule has 0 aliphatic heterocycles. The zero-order valence-corrected chi connectivity index (χ0v) is 13.5. The van der Waals surface area contributed by atoms with Crippen LogP contribution < -0.4 is 5.73 Å². The van der Waals surface area contributed by atoms with E-state index in [9.17, 15) is 9.90 Å². The molecule has 4 nitrogen and oxygen atoms in total. The van der Waals surface area contributed by atoms with Crippen molar-refractivity contribution in [1.29, 1.82) is 0 Å². The summed E-state index contributed by atoms with van der Waals surface area (Å²) in [4.78, 5) is 13.1. The lowest BCUT2D eigenvalue weighted by molar-refractivity contribution is 0.0779. The number of rotatable bonds is 6. The molecule has 0 radical (unpaired) electrons. The minimum Gasteiger partial charge on any atom is -0.465 e. The van der Waals surface area contributed by atoms with Crippen molar-refractivity contribution in [3.05, 3.63) is 35.9 Å². The average molecular weight is 376 g/mol. The van der Waals surface area contributed by atoms with Gasteiger partial charge in [0.25, 0.3) is 0 Å². The second-order valence-electron chi connectivity index (χ2n) is 4.85. The van der Waals surface area contributed by atoms with Gasteiger partial charge in [-0.3, -0.25) is 4.90 Å². The van der Waals surface area contributed by atoms with Crippen molar-refractivity contribution in [3.8, 4) is 0 Å². The van der Waals surface area contributed by atoms with Crippen molar-refractivity contribution >= 4 is 28.7 Å². The molecule has 0 saturated heterocycles. The molecule has 1 amide bonds. The zero-order valence-electron chi connectivity index (χ0n) is 11.3. The van der Waals surface area contributed by atoms with Crippen molar-refractivity contribution in [2.45, 2.75) is 36.3 Å². The summed E-state index contributed by atoms with van der Waals surface area (Å²) in [6, 6.07) is 9.64. The van der Waals surface area contributed by atoms with Gasteiger partial charge in [-0.05, 0) is 18.9 Å². The highest BCUT2D eigenvalue weighted by Crippen LogP contribution is 2.35. The number of carboxylic acid groups (broad SMARTS) is 1. The lowest BCUT2D eigenvalue weighted by Gasteiger charge is -2.41. The van der Waals surface area contributed by atoms with Crippen molar-refractivity contribution < 1.29 is 9.90 Å². The highest BCUT2D eigenvalue weighted by Gasteiger charge is 2.38. The van der Waals surface area contributed by atoms with Crippen LogP contribution >= 0.6 is 22.6 Å². The largest absolute Gasteiger partial charge is 0.465 e. The van der Waals surface area contributed by atoms with Gasteiger partial charge >= 0.3 is 6.09 Å². The molecule has 5 heteroatoms. The Balaban J connectivity index is 3.10. The zero-order chi connectivity index (χ0) is 14.5. The Morgan fingerprint density at radius 1 is 1.47 bits per heavy atom. The minimum absolute atomic E-state index is 0.239. The number of carbonyl (C=O) groups is 1. The number of halogens is 1. The van der Waals surface area contributed by atoms with Crippen molar-refractivity contribution in [3.63, 3.8) is 0 Å². The van der Waals surface area contributed by atoms with Crippen LogP contribution in [-0.2, 0) is 0 Å². The van der Waals surface area contributed by atoms with E-state index in [0.29, 0.717) is 6.54 Å². The maximum Gasteiger partial charge on any atom is 0.408 e. The number of alkyl halides is 1. The fraction of sp³-hybridized carbons (Fsp3) is 0.500. The third kappa shape index (κ3) is 3.82. The van der Waals surface area contributed by atoms with Crippen LogP contribution in [0.15, 0.2) is 30.3 Å². The number of nitrogens with zero attached hydrogens (tertiary/aromatic N) is 1. The normalized spacial score (nSPS) is 15.6. The van der Waals surface area contributed by atoms with Gasteiger partial charge in [-0.25, -0.2) is 4.79 Å². The van der Waals surface area contributed by atoms with Gasteiger partial charge in [0.15, 0.2) is 0 Å². The Bertz CT molecular complexity index is 413. The fourth-order valence-electron chi connectivity index (χ4n) is 2.22. The van der Waals surface area contributed by atoms with Gasteiger partial charge in [0.2, 0.25) is 0 Å². The standard InChI is InChI=1S/C14H21IN2O2/c1-3-9-14(2,10-16)17(13(18)19)12(15)11-7-5-4-6-8-11/h4-8,12H,3,9-10,16H2,1-2H3,(H,18,19). The molecule has 0 aromatic heterocycles. The van der Waals surface area contributed by atoms with E-state index in [4.69, 9.17) is 5.73 Å². The lowest BCUT2D eigenvalue weighted by atomic mass is 9.93. The summed E-state index contributed by atoms with van der Waals surface area (Å²) >= 11 is 2.16. The molecule has 0 heterocycles. The van der Waals surface area contributed by atoms with Gasteiger partial charge in [0, 0.05) is 6.54 Å². The quantitative estimate of drug-likeness (QED) is 0.453. The molecule has 2 atom stereocenters. The molecule has 0 aliphatic rings. The Morgan fingerprint density at radius 2 is 2.05 bits per heavy atom. The molecular weight excluding hydrogens is 355 g/mol. The summed E-state index contributed by atoms with van der Waals surface area (Å²) in [5.74, 6) is 0. The summed E-state index contributed by atoms with van der Waals surface area (Å²) in [6.07, 6.45) is 0.724. The molecule has 1 aromatic carbocycles. The fourth-order valence-corrected chi connectivity index (χ4v) is 3.55. The van der Waals surface area contributed by atoms with Crippen molar-refractivity contribution in [2.24, 2.45) is 5.73 Å². The summed E-state index contributed by atoms with van der Waals surface area (Å²) in [6.45, 7) is 4.28. The lowest BCUT2D eigenvalue weighted by Crippen LogP contribution is -2.54. The first-order valence-electron chi connectivity index (χ1n) is 6.37. The Hall–Kier alpha value is -0.820. The SMILES string of the molecule is CCCC(C)(CN)N(C(=O)O)C(I)c1ccccc1. The van der Waals surface area contributed by atoms with Crippen LogP contribution in [-0.4, -0.2) is 28.2 Å². The summed E-state index contributed by atoms with van der Waals surface area (Å²) in [7, 11) is 0. The molecule has 0 fully saturated rings. The molecule has 0 aliphatic carbocycles. The van der Waals surface area contributed by atoms with Crippen LogP contribution in [0.4, 0.5) is 4.79 Å². The van der Waals surface area contributed by atoms with Crippen molar-refractivity contribution in [1.82, 2.24) is 4.90 Å². The van der Waals surface area contributed by atoms with E-state index in [-0.39, 0.29) is 4.05 Å². The highest BCUT2D eigenvalue weighted by molar-refractivity contribution is 14.1. The number of benzene rings is 1. The Morgan fingerprint density at radius 3 is 2.47 bits per heavy atom. The van der Waals surface area contributed by atoms with Gasteiger partial charge in [-0.15, -0.1) is 0 Å². The predicted octanol–water partition coefficient (Wildman–Crippen LogP) is 3.62. The molecule has 0 bridgehead atoms. The van der Waals surface area contributed by atoms with E-state index in [2.05, 4.69) is 22.6 Å². The Kier molecular flexibility index (Phi) is 6.06. The van der Waals surface area contributed by atoms with Crippen LogP contribution in [0.3, 0.4) is 0 Å². The van der Waals surface area contributed by atoms with Crippen LogP contribution in [0.5, 0.6) is 0 Å². The average Bonchev–Trinajstić information content (AvgIpc) is 2.39. The number of amides is 1. The summed E-state index contributed by atoms with van der Waals surface area (Å²) in [5.41, 5.74) is 6.27. The second kappa shape index (κ2) is 7.09. The van der Waals surface area contributed by atoms with Gasteiger partial charge in [0.1, 0.15) is 4.05 Å². The molecule has 0 spiro atoms. The van der Waals surface area contributed by atoms with E-state index in [0.717, 1.165) is 18.4 Å². The number of nitrogens with two attached hydrogens (primary N) is 1. The summed E-state index contributed by atoms with van der Waals surface area (Å²) < 4.78 is -0.239. The maximum absolute atomic E-state index is 11.7. The van der Waals surface area contributed by atoms with Crippen molar-refractivity contribution in [2.75, 3.05) is 6.54 Å². The number of hydrogen-bond donors (Lipinski definition) is 2. The van der Waals surface area contributed by atoms with E-state index >= 15 is 0 Å². The Labute approximate surface area is 128 Å². The van der Waals surface area contributed by atoms with Crippen LogP contribution in [0.25, 0.3) is 0 Å². The van der Waals surface area contributed by atoms with E-state index in [1.54, 1.807) is 0 Å². The van der Waals surface area contributed by atoms with Crippen LogP contribution in [0.2, 0.25) is 0 Å². The molecule has 3 N–H and O–H groups in total. The highest BCUT2D eigenvalue weighted by atomic mass is 127. The third-order valence-corrected chi connectivity index (χ3v) is 4.59. The minimum atomic E-state index is -0.926. The predicted molar refractivity (Wildman–Crippen MR) is 85.4 cm³/mol. The van der Waals surface area contributed by atoms with Crippen LogP contribution in [0.1, 0.15) is 36.3 Å². The van der Waals surface area contributed by atoms with Crippen LogP contribution in [0, 0.1) is 0 Å². The summed E-state index contributed by atoms with van der Waals surface area (Å²) in [5, 5.41) is 9.56. The second-order valence-corrected chi connectivity index (χ2v) is 6.03. The number of hydrogen-bond acceptors (Lipinski definition) is 2. The van der Waals surface area contributed by atoms with E-state index in [1.807, 2.05) is 44.2 Å². The van der Waals surface area contributed by atoms with Gasteiger partial charge in [-0.2, -0.15) is 0 Å². The molecule has 1 rings (SSSR count). The van der Waals surface area contributed by atoms with Gasteiger partial charge in [-0.1, -0.05) is 66.3 Å². The monoisotopic (exact) mass is 376 g/mol. The molecule has 19 heavy (non-hydrogen) atoms. The smallest absolute Gasteiger partial charge is 0.408 e. The topological polar surface area (TPSA) is 66.6 Å². The first kappa shape index (κ1) is 16.2. The van der Waals surface area contributed by atoms with E-state index < -0.39 is 11.6 Å². The molecule has 1 aromatic rings. The van der Waals surface area contributed by atoms with Gasteiger partial charge in [0.05, 0.1) is 5.54 Å².